The molecule has 222 valence electrons. The van der Waals surface area contributed by atoms with Crippen molar-refractivity contribution in [1.82, 2.24) is 0 Å². The molecule has 2 heterocycles. The summed E-state index contributed by atoms with van der Waals surface area (Å²) in [7, 11) is 0. The van der Waals surface area contributed by atoms with E-state index in [4.69, 9.17) is 0 Å². The van der Waals surface area contributed by atoms with Gasteiger partial charge in [0.25, 0.3) is 0 Å². The van der Waals surface area contributed by atoms with Crippen LogP contribution in [0.1, 0.15) is 131 Å². The number of ether oxygens (including phenoxy) is 2. The molecule has 0 bridgehead atoms. The summed E-state index contributed by atoms with van der Waals surface area (Å²) in [4.78, 5) is 89.0. The summed E-state index contributed by atoms with van der Waals surface area (Å²) >= 11 is 0. The van der Waals surface area contributed by atoms with E-state index in [9.17, 15) is 38.4 Å². The number of rotatable bonds is 0. The molecule has 10 heteroatoms. The van der Waals surface area contributed by atoms with Gasteiger partial charge in [0.1, 0.15) is 0 Å². The number of hydrogen-bond donors (Lipinski definition) is 0. The van der Waals surface area contributed by atoms with Gasteiger partial charge < -0.3 is 9.47 Å². The molecule has 0 spiro atoms. The van der Waals surface area contributed by atoms with Crippen molar-refractivity contribution in [3.05, 3.63) is 105 Å². The Balaban J connectivity index is 0.000000215. The predicted molar refractivity (Wildman–Crippen MR) is 155 cm³/mol. The van der Waals surface area contributed by atoms with Crippen LogP contribution < -0.4 is 0 Å². The quantitative estimate of drug-likeness (QED) is 0.229. The van der Waals surface area contributed by atoms with Crippen LogP contribution in [0.2, 0.25) is 0 Å². The molecule has 0 radical (unpaired) electrons. The van der Waals surface area contributed by atoms with Gasteiger partial charge in [-0.1, -0.05) is 71.5 Å². The Bertz CT molecular complexity index is 1440. The zero-order chi connectivity index (χ0) is 29.8. The van der Waals surface area contributed by atoms with Crippen molar-refractivity contribution in [2.24, 2.45) is 0 Å². The summed E-state index contributed by atoms with van der Waals surface area (Å²) < 4.78 is 8.73. The Morgan fingerprint density at radius 1 is 0.442 bits per heavy atom. The third kappa shape index (κ3) is 6.75. The maximum Gasteiger partial charge on any atom is 0.346 e. The largest absolute Gasteiger partial charge is 0.386 e. The summed E-state index contributed by atoms with van der Waals surface area (Å²) in [6, 6.07) is 16.0. The molecule has 0 amide bonds. The van der Waals surface area contributed by atoms with Crippen molar-refractivity contribution in [3.63, 3.8) is 0 Å². The van der Waals surface area contributed by atoms with E-state index in [0.29, 0.717) is 22.3 Å². The first kappa shape index (κ1) is 33.8. The molecule has 0 fully saturated rings. The average Bonchev–Trinajstić information content (AvgIpc) is 3.61. The second-order valence-corrected chi connectivity index (χ2v) is 9.14. The van der Waals surface area contributed by atoms with Gasteiger partial charge in [0, 0.05) is 22.3 Å². The molecule has 43 heavy (non-hydrogen) atoms. The molecule has 0 aromatic heterocycles. The van der Waals surface area contributed by atoms with E-state index >= 15 is 0 Å². The topological polar surface area (TPSA) is 155 Å². The maximum atomic E-state index is 11.4. The highest BCUT2D eigenvalue weighted by Crippen LogP contribution is 2.29. The first-order chi connectivity index (χ1) is 19.6. The number of carbonyl (C=O) groups excluding carboxylic acids is 8. The fourth-order valence-electron chi connectivity index (χ4n) is 4.27. The standard InChI is InChI=1S/C11H4O5.C9H6O2.C8H4O3.C3H8.2CH4/c12-8-3-9(13)5-2-7-6(1-4(5)8)10(14)16-11(7)15;10-8-5-9(11)7-4-2-1-3-6(7)8;9-7-5-3-1-2-4-6(5)8(10)11-7;1-3-2;;/h1-2H,3H2;1-4H,5H2;1-4H;3H2,1-2H3;2*1H4. The van der Waals surface area contributed by atoms with E-state index in [1.54, 1.807) is 48.5 Å². The van der Waals surface area contributed by atoms with E-state index in [-0.39, 0.29) is 73.1 Å². The van der Waals surface area contributed by atoms with Crippen molar-refractivity contribution in [1.29, 1.82) is 0 Å². The highest BCUT2D eigenvalue weighted by atomic mass is 16.6. The molecule has 0 unspecified atom stereocenters. The highest BCUT2D eigenvalue weighted by Gasteiger charge is 2.36. The third-order valence-corrected chi connectivity index (χ3v) is 6.11. The minimum atomic E-state index is -0.769. The number of Topliss-reactive ketones (excluding diaryl/α,β-unsaturated/α-hetero) is 4. The molecule has 0 saturated heterocycles. The van der Waals surface area contributed by atoms with E-state index in [1.807, 2.05) is 0 Å². The first-order valence-electron chi connectivity index (χ1n) is 12.6. The monoisotopic (exact) mass is 586 g/mol. The van der Waals surface area contributed by atoms with Crippen LogP contribution in [0.4, 0.5) is 0 Å². The zero-order valence-electron chi connectivity index (χ0n) is 22.0. The Morgan fingerprint density at radius 2 is 0.698 bits per heavy atom. The normalized spacial score (nSPS) is 14.6. The van der Waals surface area contributed by atoms with Crippen LogP contribution in [0.3, 0.4) is 0 Å². The smallest absolute Gasteiger partial charge is 0.346 e. The fourth-order valence-corrected chi connectivity index (χ4v) is 4.27. The number of esters is 4. The lowest BCUT2D eigenvalue weighted by Crippen LogP contribution is -1.98. The van der Waals surface area contributed by atoms with Gasteiger partial charge in [0.15, 0.2) is 23.1 Å². The third-order valence-electron chi connectivity index (χ3n) is 6.11. The Morgan fingerprint density at radius 3 is 1.02 bits per heavy atom. The van der Waals surface area contributed by atoms with Crippen molar-refractivity contribution < 1.29 is 47.8 Å². The lowest BCUT2D eigenvalue weighted by atomic mass is 10.0. The van der Waals surface area contributed by atoms with Gasteiger partial charge in [-0.25, -0.2) is 19.2 Å². The van der Waals surface area contributed by atoms with E-state index in [2.05, 4.69) is 23.3 Å². The summed E-state index contributed by atoms with van der Waals surface area (Å²) in [6.07, 6.45) is 1.11. The molecule has 2 aliphatic carbocycles. The van der Waals surface area contributed by atoms with Crippen LogP contribution in [-0.2, 0) is 9.47 Å². The van der Waals surface area contributed by atoms with E-state index < -0.39 is 23.9 Å². The number of cyclic esters (lactones) is 4. The Labute approximate surface area is 248 Å². The van der Waals surface area contributed by atoms with Crippen LogP contribution in [0, 0.1) is 0 Å². The van der Waals surface area contributed by atoms with Crippen LogP contribution in [0.25, 0.3) is 0 Å². The van der Waals surface area contributed by atoms with Crippen molar-refractivity contribution in [3.8, 4) is 0 Å². The second kappa shape index (κ2) is 14.0. The molecule has 3 aromatic rings. The SMILES string of the molecule is C.C.CCC.O=C1CC(=O)c2cc3c(cc21)C(=O)OC3=O.O=C1CC(=O)c2ccccc21.O=C1OC(=O)c2ccccc21. The van der Waals surface area contributed by atoms with Crippen molar-refractivity contribution in [2.75, 3.05) is 0 Å². The lowest BCUT2D eigenvalue weighted by Gasteiger charge is -1.97. The van der Waals surface area contributed by atoms with Crippen LogP contribution in [0.15, 0.2) is 60.7 Å². The molecule has 0 saturated carbocycles. The van der Waals surface area contributed by atoms with Gasteiger partial charge >= 0.3 is 23.9 Å². The number of benzene rings is 3. The lowest BCUT2D eigenvalue weighted by molar-refractivity contribution is 0.0425. The Kier molecular flexibility index (Phi) is 11.0. The molecular weight excluding hydrogens is 556 g/mol. The molecule has 0 atom stereocenters. The first-order valence-corrected chi connectivity index (χ1v) is 12.6. The molecule has 7 rings (SSSR count). The van der Waals surface area contributed by atoms with Crippen LogP contribution in [-0.4, -0.2) is 47.0 Å². The van der Waals surface area contributed by atoms with Gasteiger partial charge in [0.05, 0.1) is 35.1 Å². The maximum absolute atomic E-state index is 11.4. The summed E-state index contributed by atoms with van der Waals surface area (Å²) in [5.41, 5.74) is 2.41. The van der Waals surface area contributed by atoms with Gasteiger partial charge in [-0.05, 0) is 24.3 Å². The molecule has 4 aliphatic rings. The highest BCUT2D eigenvalue weighted by molar-refractivity contribution is 6.27. The van der Waals surface area contributed by atoms with Gasteiger partial charge in [-0.15, -0.1) is 0 Å². The average molecular weight is 587 g/mol. The van der Waals surface area contributed by atoms with Gasteiger partial charge in [-0.3, -0.25) is 19.2 Å². The van der Waals surface area contributed by atoms with Crippen LogP contribution >= 0.6 is 0 Å². The number of fused-ring (bicyclic) bond motifs is 4. The molecule has 2 aliphatic heterocycles. The minimum Gasteiger partial charge on any atom is -0.386 e. The van der Waals surface area contributed by atoms with Gasteiger partial charge in [-0.2, -0.15) is 0 Å². The van der Waals surface area contributed by atoms with E-state index in [1.165, 1.54) is 18.6 Å². The molecule has 0 N–H and O–H groups in total. The fraction of sp³-hybridized carbons (Fsp3) is 0.212. The minimum absolute atomic E-state index is 0. The summed E-state index contributed by atoms with van der Waals surface area (Å²) in [6.45, 7) is 4.25. The van der Waals surface area contributed by atoms with Crippen molar-refractivity contribution >= 4 is 47.0 Å². The zero-order valence-corrected chi connectivity index (χ0v) is 22.0. The second-order valence-electron chi connectivity index (χ2n) is 9.14. The van der Waals surface area contributed by atoms with Crippen LogP contribution in [0.5, 0.6) is 0 Å². The number of hydrogen-bond acceptors (Lipinski definition) is 10. The summed E-state index contributed by atoms with van der Waals surface area (Å²) in [5, 5.41) is 0. The molecule has 3 aromatic carbocycles. The van der Waals surface area contributed by atoms with Crippen molar-refractivity contribution in [2.45, 2.75) is 48.0 Å². The molecule has 10 nitrogen and oxygen atoms in total. The van der Waals surface area contributed by atoms with E-state index in [0.717, 1.165) is 0 Å². The predicted octanol–water partition coefficient (Wildman–Crippen LogP) is 5.91. The number of carbonyl (C=O) groups is 8. The Hall–Kier alpha value is -5.38. The molecular formula is C33H30O10. The van der Waals surface area contributed by atoms with Gasteiger partial charge in [0.2, 0.25) is 0 Å². The summed E-state index contributed by atoms with van der Waals surface area (Å²) in [5.74, 6) is -3.39. The number of ketones is 4.